The third-order valence-electron chi connectivity index (χ3n) is 2.14. The van der Waals surface area contributed by atoms with Crippen LogP contribution < -0.4 is 16.0 Å². The number of hydrogen-bond acceptors (Lipinski definition) is 4. The molecule has 2 unspecified atom stereocenters. The van der Waals surface area contributed by atoms with Crippen LogP contribution in [0.5, 0.6) is 0 Å². The second-order valence-electron chi connectivity index (χ2n) is 3.92. The normalized spacial score (nSPS) is 13.9. The van der Waals surface area contributed by atoms with Gasteiger partial charge in [0.25, 0.3) is 0 Å². The van der Waals surface area contributed by atoms with E-state index in [2.05, 4.69) is 16.0 Å². The Morgan fingerprint density at radius 3 is 2.47 bits per heavy atom. The van der Waals surface area contributed by atoms with Crippen LogP contribution in [0.25, 0.3) is 0 Å². The van der Waals surface area contributed by atoms with Crippen LogP contribution in [0, 0.1) is 0 Å². The molecule has 6 nitrogen and oxygen atoms in total. The second-order valence-corrected chi connectivity index (χ2v) is 3.92. The van der Waals surface area contributed by atoms with E-state index < -0.39 is 0 Å². The minimum absolute atomic E-state index is 0.0333. The van der Waals surface area contributed by atoms with Crippen LogP contribution in [-0.2, 0) is 14.3 Å². The first-order valence-corrected chi connectivity index (χ1v) is 5.80. The molecule has 0 radical (unpaired) electrons. The van der Waals surface area contributed by atoms with Crippen LogP contribution in [-0.4, -0.2) is 50.7 Å². The van der Waals surface area contributed by atoms with E-state index in [1.54, 1.807) is 14.0 Å². The molecule has 0 aliphatic carbocycles. The number of hydrogen-bond donors (Lipinski definition) is 3. The zero-order chi connectivity index (χ0) is 13.3. The molecule has 0 aromatic carbocycles. The highest BCUT2D eigenvalue weighted by atomic mass is 16.5. The summed E-state index contributed by atoms with van der Waals surface area (Å²) in [5, 5.41) is 8.28. The van der Waals surface area contributed by atoms with Crippen molar-refractivity contribution in [3.63, 3.8) is 0 Å². The molecule has 0 heterocycles. The Hall–Kier alpha value is -1.14. The van der Waals surface area contributed by atoms with Gasteiger partial charge in [0.15, 0.2) is 0 Å². The van der Waals surface area contributed by atoms with Gasteiger partial charge in [-0.3, -0.25) is 14.9 Å². The highest BCUT2D eigenvalue weighted by Crippen LogP contribution is 1.84. The highest BCUT2D eigenvalue weighted by molar-refractivity contribution is 5.83. The molecule has 0 aromatic rings. The van der Waals surface area contributed by atoms with Gasteiger partial charge in [-0.15, -0.1) is 0 Å². The van der Waals surface area contributed by atoms with Gasteiger partial charge < -0.3 is 15.4 Å². The number of ether oxygens (including phenoxy) is 1. The van der Waals surface area contributed by atoms with Gasteiger partial charge in [0.1, 0.15) is 0 Å². The van der Waals surface area contributed by atoms with Gasteiger partial charge in [0.2, 0.25) is 11.8 Å². The Morgan fingerprint density at radius 1 is 1.29 bits per heavy atom. The standard InChI is InChI=1S/C11H23N3O3/c1-5-12-11(16)9(3)13-6-10(15)14-8(2)7-17-4/h8-9,13H,5-7H2,1-4H3,(H,12,16)(H,14,15). The molecule has 0 spiro atoms. The summed E-state index contributed by atoms with van der Waals surface area (Å²) in [5.74, 6) is -0.254. The molecule has 100 valence electrons. The maximum absolute atomic E-state index is 11.5. The number of carbonyl (C=O) groups is 2. The third-order valence-corrected chi connectivity index (χ3v) is 2.14. The Morgan fingerprint density at radius 2 is 1.94 bits per heavy atom. The molecule has 6 heteroatoms. The second kappa shape index (κ2) is 8.95. The van der Waals surface area contributed by atoms with Crippen LogP contribution in [0.15, 0.2) is 0 Å². The lowest BCUT2D eigenvalue weighted by Crippen LogP contribution is -2.47. The monoisotopic (exact) mass is 245 g/mol. The van der Waals surface area contributed by atoms with Crippen molar-refractivity contribution < 1.29 is 14.3 Å². The summed E-state index contributed by atoms with van der Waals surface area (Å²) in [5.41, 5.74) is 0. The Kier molecular flexibility index (Phi) is 8.35. The summed E-state index contributed by atoms with van der Waals surface area (Å²) in [6.45, 7) is 6.60. The van der Waals surface area contributed by atoms with E-state index in [1.807, 2.05) is 13.8 Å². The predicted molar refractivity (Wildman–Crippen MR) is 65.6 cm³/mol. The molecule has 2 amide bonds. The van der Waals surface area contributed by atoms with Crippen molar-refractivity contribution in [2.24, 2.45) is 0 Å². The van der Waals surface area contributed by atoms with Gasteiger partial charge >= 0.3 is 0 Å². The van der Waals surface area contributed by atoms with Crippen molar-refractivity contribution in [2.75, 3.05) is 26.8 Å². The zero-order valence-electron chi connectivity index (χ0n) is 11.0. The van der Waals surface area contributed by atoms with Gasteiger partial charge in [-0.25, -0.2) is 0 Å². The minimum atomic E-state index is -0.376. The molecule has 0 saturated carbocycles. The van der Waals surface area contributed by atoms with Gasteiger partial charge in [0, 0.05) is 19.7 Å². The van der Waals surface area contributed by atoms with Gasteiger partial charge in [-0.2, -0.15) is 0 Å². The van der Waals surface area contributed by atoms with E-state index in [0.717, 1.165) is 0 Å². The van der Waals surface area contributed by atoms with Crippen LogP contribution >= 0.6 is 0 Å². The topological polar surface area (TPSA) is 79.5 Å². The van der Waals surface area contributed by atoms with Crippen molar-refractivity contribution in [1.82, 2.24) is 16.0 Å². The Bertz CT molecular complexity index is 246. The summed E-state index contributed by atoms with van der Waals surface area (Å²) >= 11 is 0. The number of nitrogens with one attached hydrogen (secondary N) is 3. The van der Waals surface area contributed by atoms with E-state index in [4.69, 9.17) is 4.74 Å². The largest absolute Gasteiger partial charge is 0.383 e. The molecule has 0 saturated heterocycles. The van der Waals surface area contributed by atoms with E-state index in [-0.39, 0.29) is 30.4 Å². The number of carbonyl (C=O) groups excluding carboxylic acids is 2. The van der Waals surface area contributed by atoms with Crippen molar-refractivity contribution in [1.29, 1.82) is 0 Å². The zero-order valence-corrected chi connectivity index (χ0v) is 11.0. The highest BCUT2D eigenvalue weighted by Gasteiger charge is 2.13. The maximum atomic E-state index is 11.5. The molecule has 0 fully saturated rings. The minimum Gasteiger partial charge on any atom is -0.383 e. The molecule has 0 bridgehead atoms. The number of likely N-dealkylation sites (N-methyl/N-ethyl adjacent to an activating group) is 1. The summed E-state index contributed by atoms with van der Waals surface area (Å²) in [6.07, 6.45) is 0. The van der Waals surface area contributed by atoms with Crippen LogP contribution in [0.3, 0.4) is 0 Å². The molecule has 0 aliphatic heterocycles. The summed E-state index contributed by atoms with van der Waals surface area (Å²) < 4.78 is 4.90. The predicted octanol–water partition coefficient (Wildman–Crippen LogP) is -0.748. The lowest BCUT2D eigenvalue weighted by atomic mass is 10.3. The van der Waals surface area contributed by atoms with Gasteiger partial charge in [-0.1, -0.05) is 0 Å². The fraction of sp³-hybridized carbons (Fsp3) is 0.818. The van der Waals surface area contributed by atoms with Crippen LogP contribution in [0.1, 0.15) is 20.8 Å². The third kappa shape index (κ3) is 7.70. The number of rotatable bonds is 8. The average molecular weight is 245 g/mol. The van der Waals surface area contributed by atoms with Crippen molar-refractivity contribution >= 4 is 11.8 Å². The van der Waals surface area contributed by atoms with Crippen LogP contribution in [0.2, 0.25) is 0 Å². The first-order chi connectivity index (χ1) is 8.01. The quantitative estimate of drug-likeness (QED) is 0.526. The van der Waals surface area contributed by atoms with Gasteiger partial charge in [-0.05, 0) is 20.8 Å². The first kappa shape index (κ1) is 15.9. The smallest absolute Gasteiger partial charge is 0.236 e. The fourth-order valence-corrected chi connectivity index (χ4v) is 1.28. The van der Waals surface area contributed by atoms with Crippen molar-refractivity contribution in [3.8, 4) is 0 Å². The molecule has 0 aromatic heterocycles. The Balaban J connectivity index is 3.79. The SMILES string of the molecule is CCNC(=O)C(C)NCC(=O)NC(C)COC. The van der Waals surface area contributed by atoms with Crippen molar-refractivity contribution in [3.05, 3.63) is 0 Å². The molecule has 17 heavy (non-hydrogen) atoms. The number of methoxy groups -OCH3 is 1. The van der Waals surface area contributed by atoms with Crippen LogP contribution in [0.4, 0.5) is 0 Å². The fourth-order valence-electron chi connectivity index (χ4n) is 1.28. The Labute approximate surface area is 102 Å². The molecule has 3 N–H and O–H groups in total. The molecular formula is C11H23N3O3. The maximum Gasteiger partial charge on any atom is 0.236 e. The average Bonchev–Trinajstić information content (AvgIpc) is 2.26. The molecule has 0 aliphatic rings. The van der Waals surface area contributed by atoms with E-state index in [1.165, 1.54) is 0 Å². The summed E-state index contributed by atoms with van der Waals surface area (Å²) in [7, 11) is 1.58. The summed E-state index contributed by atoms with van der Waals surface area (Å²) in [4.78, 5) is 22.8. The lowest BCUT2D eigenvalue weighted by Gasteiger charge is -2.15. The van der Waals surface area contributed by atoms with E-state index in [9.17, 15) is 9.59 Å². The number of amides is 2. The molecule has 0 rings (SSSR count). The van der Waals surface area contributed by atoms with Crippen molar-refractivity contribution in [2.45, 2.75) is 32.9 Å². The molecular weight excluding hydrogens is 222 g/mol. The van der Waals surface area contributed by atoms with E-state index >= 15 is 0 Å². The summed E-state index contributed by atoms with van der Waals surface area (Å²) in [6, 6.07) is -0.410. The molecule has 2 atom stereocenters. The first-order valence-electron chi connectivity index (χ1n) is 5.80. The van der Waals surface area contributed by atoms with E-state index in [0.29, 0.717) is 13.2 Å². The lowest BCUT2D eigenvalue weighted by molar-refractivity contribution is -0.123. The van der Waals surface area contributed by atoms with Gasteiger partial charge in [0.05, 0.1) is 19.2 Å².